The van der Waals surface area contributed by atoms with Gasteiger partial charge in [0, 0.05) is 16.6 Å². The first kappa shape index (κ1) is 20.6. The Morgan fingerprint density at radius 1 is 1.13 bits per heavy atom. The van der Waals surface area contributed by atoms with E-state index in [1.54, 1.807) is 0 Å². The molecule has 2 fully saturated rings. The van der Waals surface area contributed by atoms with Crippen LogP contribution in [-0.2, 0) is 19.4 Å². The van der Waals surface area contributed by atoms with Crippen LogP contribution in [0, 0.1) is 5.82 Å². The molecule has 2 heterocycles. The van der Waals surface area contributed by atoms with Crippen LogP contribution in [0.4, 0.5) is 4.39 Å². The van der Waals surface area contributed by atoms with Crippen LogP contribution in [0.3, 0.4) is 0 Å². The lowest BCUT2D eigenvalue weighted by atomic mass is 9.94. The monoisotopic (exact) mass is 449 g/mol. The van der Waals surface area contributed by atoms with Gasteiger partial charge in [-0.1, -0.05) is 23.7 Å². The number of halogens is 2. The molecule has 2 saturated heterocycles. The number of rotatable bonds is 3. The second kappa shape index (κ2) is 7.52. The number of hydrogen-bond donors (Lipinski definition) is 1. The summed E-state index contributed by atoms with van der Waals surface area (Å²) in [6.07, 6.45) is 0.169. The average molecular weight is 450 g/mol. The van der Waals surface area contributed by atoms with Crippen molar-refractivity contribution in [3.05, 3.63) is 76.1 Å². The molecule has 0 aliphatic carbocycles. The zero-order valence-electron chi connectivity index (χ0n) is 15.6. The van der Waals surface area contributed by atoms with Crippen molar-refractivity contribution < 1.29 is 27.5 Å². The van der Waals surface area contributed by atoms with E-state index in [0.29, 0.717) is 5.02 Å². The zero-order chi connectivity index (χ0) is 21.6. The molecule has 0 saturated carbocycles. The van der Waals surface area contributed by atoms with Crippen molar-refractivity contribution in [2.24, 2.45) is 0 Å². The van der Waals surface area contributed by atoms with E-state index in [9.17, 15) is 27.5 Å². The summed E-state index contributed by atoms with van der Waals surface area (Å²) in [5, 5.41) is 11.3. The number of likely N-dealkylation sites (tertiary alicyclic amines) is 1. The summed E-state index contributed by atoms with van der Waals surface area (Å²) in [7, 11) is -3.35. The maximum absolute atomic E-state index is 14.0. The highest BCUT2D eigenvalue weighted by Crippen LogP contribution is 2.42. The third-order valence-corrected chi connectivity index (χ3v) is 7.37. The molecule has 0 bridgehead atoms. The van der Waals surface area contributed by atoms with Gasteiger partial charge in [-0.2, -0.15) is 0 Å². The molecule has 0 spiro atoms. The molecule has 2 aromatic rings. The Labute approximate surface area is 177 Å². The Bertz CT molecular complexity index is 1180. The molecule has 1 N–H and O–H groups in total. The highest BCUT2D eigenvalue weighted by atomic mass is 35.5. The lowest BCUT2D eigenvalue weighted by molar-refractivity contribution is -0.141. The lowest BCUT2D eigenvalue weighted by Gasteiger charge is -2.30. The van der Waals surface area contributed by atoms with Gasteiger partial charge < -0.3 is 10.0 Å². The fourth-order valence-corrected chi connectivity index (χ4v) is 5.83. The summed E-state index contributed by atoms with van der Waals surface area (Å²) < 4.78 is 38.0. The minimum Gasteiger partial charge on any atom is -0.507 e. The van der Waals surface area contributed by atoms with Crippen molar-refractivity contribution in [3.63, 3.8) is 0 Å². The van der Waals surface area contributed by atoms with Crippen LogP contribution in [0.2, 0.25) is 5.02 Å². The Kier molecular flexibility index (Phi) is 5.15. The van der Waals surface area contributed by atoms with Crippen LogP contribution in [-0.4, -0.2) is 47.7 Å². The minimum absolute atomic E-state index is 0.103. The van der Waals surface area contributed by atoms with Gasteiger partial charge in [0.05, 0.1) is 23.1 Å². The molecule has 4 rings (SSSR count). The zero-order valence-corrected chi connectivity index (χ0v) is 17.2. The Morgan fingerprint density at radius 3 is 2.43 bits per heavy atom. The van der Waals surface area contributed by atoms with Crippen molar-refractivity contribution >= 4 is 38.9 Å². The number of carbonyl (C=O) groups excluding carboxylic acids is 2. The fraction of sp³-hybridized carbons (Fsp3) is 0.238. The Balaban J connectivity index is 1.90. The maximum Gasteiger partial charge on any atom is 0.295 e. The van der Waals surface area contributed by atoms with Gasteiger partial charge in [0.25, 0.3) is 11.7 Å². The largest absolute Gasteiger partial charge is 0.507 e. The van der Waals surface area contributed by atoms with Gasteiger partial charge in [0.1, 0.15) is 11.6 Å². The van der Waals surface area contributed by atoms with E-state index >= 15 is 0 Å². The first-order valence-corrected chi connectivity index (χ1v) is 11.4. The van der Waals surface area contributed by atoms with Crippen molar-refractivity contribution in [1.29, 1.82) is 0 Å². The summed E-state index contributed by atoms with van der Waals surface area (Å²) in [5.41, 5.74) is 0.323. The predicted octanol–water partition coefficient (Wildman–Crippen LogP) is 3.09. The molecule has 2 aromatic carbocycles. The van der Waals surface area contributed by atoms with E-state index in [0.717, 1.165) is 0 Å². The molecule has 6 nitrogen and oxygen atoms in total. The van der Waals surface area contributed by atoms with Crippen LogP contribution in [0.5, 0.6) is 0 Å². The lowest BCUT2D eigenvalue weighted by Crippen LogP contribution is -2.40. The first-order valence-electron chi connectivity index (χ1n) is 9.20. The molecule has 9 heteroatoms. The first-order chi connectivity index (χ1) is 14.2. The van der Waals surface area contributed by atoms with E-state index in [2.05, 4.69) is 0 Å². The molecule has 2 aliphatic heterocycles. The summed E-state index contributed by atoms with van der Waals surface area (Å²) >= 11 is 5.88. The second-order valence-electron chi connectivity index (χ2n) is 7.33. The van der Waals surface area contributed by atoms with E-state index in [1.807, 2.05) is 0 Å². The third kappa shape index (κ3) is 3.61. The molecular formula is C21H17ClFNO5S. The molecular weight excluding hydrogens is 433 g/mol. The number of amides is 1. The molecule has 2 unspecified atom stereocenters. The average Bonchev–Trinajstić information content (AvgIpc) is 3.18. The smallest absolute Gasteiger partial charge is 0.295 e. The molecule has 1 amide bonds. The van der Waals surface area contributed by atoms with Crippen LogP contribution >= 0.6 is 11.6 Å². The topological polar surface area (TPSA) is 91.8 Å². The number of aliphatic hydroxyl groups is 1. The van der Waals surface area contributed by atoms with Gasteiger partial charge >= 0.3 is 0 Å². The van der Waals surface area contributed by atoms with Crippen molar-refractivity contribution in [2.75, 3.05) is 11.5 Å². The molecule has 156 valence electrons. The Hall–Kier alpha value is -2.71. The summed E-state index contributed by atoms with van der Waals surface area (Å²) in [6, 6.07) is 9.54. The third-order valence-electron chi connectivity index (χ3n) is 5.36. The van der Waals surface area contributed by atoms with Crippen LogP contribution < -0.4 is 0 Å². The Morgan fingerprint density at radius 2 is 1.83 bits per heavy atom. The van der Waals surface area contributed by atoms with E-state index in [-0.39, 0.29) is 34.6 Å². The summed E-state index contributed by atoms with van der Waals surface area (Å²) in [5.74, 6) is -3.25. The SMILES string of the molecule is O=C1C(=O)N(C2CCS(=O)(=O)C2)C(c2cccc(F)c2)C1=C(O)c1ccc(Cl)cc1. The van der Waals surface area contributed by atoms with Crippen molar-refractivity contribution in [1.82, 2.24) is 4.90 Å². The highest BCUT2D eigenvalue weighted by Gasteiger charge is 2.51. The quantitative estimate of drug-likeness (QED) is 0.441. The van der Waals surface area contributed by atoms with Crippen LogP contribution in [0.1, 0.15) is 23.6 Å². The normalized spacial score (nSPS) is 25.1. The maximum atomic E-state index is 14.0. The van der Waals surface area contributed by atoms with Crippen LogP contribution in [0.25, 0.3) is 5.76 Å². The molecule has 0 radical (unpaired) electrons. The fourth-order valence-electron chi connectivity index (χ4n) is 3.99. The highest BCUT2D eigenvalue weighted by molar-refractivity contribution is 7.91. The predicted molar refractivity (Wildman–Crippen MR) is 109 cm³/mol. The van der Waals surface area contributed by atoms with Crippen molar-refractivity contribution in [3.8, 4) is 0 Å². The number of carbonyl (C=O) groups is 2. The van der Waals surface area contributed by atoms with Gasteiger partial charge in [-0.15, -0.1) is 0 Å². The van der Waals surface area contributed by atoms with Crippen molar-refractivity contribution in [2.45, 2.75) is 18.5 Å². The second-order valence-corrected chi connectivity index (χ2v) is 9.99. The molecule has 30 heavy (non-hydrogen) atoms. The molecule has 0 aromatic heterocycles. The minimum atomic E-state index is -3.35. The van der Waals surface area contributed by atoms with Crippen LogP contribution in [0.15, 0.2) is 54.1 Å². The van der Waals surface area contributed by atoms with Gasteiger partial charge in [-0.05, 0) is 48.4 Å². The number of benzene rings is 2. The van der Waals surface area contributed by atoms with Gasteiger partial charge in [0.2, 0.25) is 0 Å². The number of ketones is 1. The van der Waals surface area contributed by atoms with E-state index in [4.69, 9.17) is 11.6 Å². The van der Waals surface area contributed by atoms with E-state index in [1.165, 1.54) is 53.4 Å². The van der Waals surface area contributed by atoms with E-state index < -0.39 is 45.2 Å². The van der Waals surface area contributed by atoms with Gasteiger partial charge in [-0.25, -0.2) is 12.8 Å². The number of aliphatic hydroxyl groups excluding tert-OH is 1. The number of Topliss-reactive ketones (excluding diaryl/α,β-unsaturated/α-hetero) is 1. The number of sulfone groups is 1. The molecule has 2 aliphatic rings. The van der Waals surface area contributed by atoms with Gasteiger partial charge in [0.15, 0.2) is 9.84 Å². The standard InChI is InChI=1S/C21H17ClFNO5S/c22-14-6-4-12(5-7-14)19(25)17-18(13-2-1-3-15(23)10-13)24(21(27)20(17)26)16-8-9-30(28,29)11-16/h1-7,10,16,18,25H,8-9,11H2. The summed E-state index contributed by atoms with van der Waals surface area (Å²) in [6.45, 7) is 0. The number of hydrogen-bond acceptors (Lipinski definition) is 5. The molecule has 2 atom stereocenters. The summed E-state index contributed by atoms with van der Waals surface area (Å²) in [4.78, 5) is 27.0. The number of nitrogens with zero attached hydrogens (tertiary/aromatic N) is 1. The van der Waals surface area contributed by atoms with Gasteiger partial charge in [-0.3, -0.25) is 9.59 Å².